The van der Waals surface area contributed by atoms with E-state index < -0.39 is 0 Å². The fraction of sp³-hybridized carbons (Fsp3) is 0.667. The summed E-state index contributed by atoms with van der Waals surface area (Å²) in [7, 11) is 0. The number of morpholine rings is 1. The summed E-state index contributed by atoms with van der Waals surface area (Å²) in [5, 5.41) is 6.69. The Hall–Kier alpha value is -1.10. The van der Waals surface area contributed by atoms with E-state index in [1.54, 1.807) is 0 Å². The lowest BCUT2D eigenvalue weighted by Crippen LogP contribution is -2.38. The number of anilines is 1. The summed E-state index contributed by atoms with van der Waals surface area (Å²) in [5.41, 5.74) is 2.47. The van der Waals surface area contributed by atoms with Crippen molar-refractivity contribution in [3.63, 3.8) is 0 Å². The largest absolute Gasteiger partial charge is 0.379 e. The van der Waals surface area contributed by atoms with Crippen LogP contribution in [-0.4, -0.2) is 71.3 Å². The Kier molecular flexibility index (Phi) is 11.7. The number of hydrogen-bond acceptors (Lipinski definition) is 5. The van der Waals surface area contributed by atoms with Crippen molar-refractivity contribution in [1.82, 2.24) is 10.6 Å². The number of guanidine groups is 1. The van der Waals surface area contributed by atoms with Crippen LogP contribution in [-0.2, 0) is 20.8 Å². The molecule has 0 radical (unpaired) electrons. The molecule has 3 rings (SSSR count). The van der Waals surface area contributed by atoms with Crippen molar-refractivity contribution in [1.29, 1.82) is 0 Å². The van der Waals surface area contributed by atoms with Gasteiger partial charge in [-0.2, -0.15) is 0 Å². The van der Waals surface area contributed by atoms with Gasteiger partial charge in [0.1, 0.15) is 0 Å². The number of ether oxygens (including phenoxy) is 3. The molecular formula is C21H35IN4O3. The molecule has 2 saturated heterocycles. The highest BCUT2D eigenvalue weighted by Crippen LogP contribution is 2.17. The van der Waals surface area contributed by atoms with Crippen LogP contribution in [0, 0.1) is 0 Å². The number of nitrogens with zero attached hydrogens (tertiary/aromatic N) is 2. The minimum atomic E-state index is 0. The van der Waals surface area contributed by atoms with Gasteiger partial charge >= 0.3 is 0 Å². The zero-order chi connectivity index (χ0) is 19.4. The maximum atomic E-state index is 5.80. The molecular weight excluding hydrogens is 483 g/mol. The molecule has 0 aliphatic carbocycles. The zero-order valence-electron chi connectivity index (χ0n) is 17.4. The lowest BCUT2D eigenvalue weighted by molar-refractivity contribution is 0.0420. The molecule has 1 unspecified atom stereocenters. The van der Waals surface area contributed by atoms with Gasteiger partial charge in [0.15, 0.2) is 5.96 Å². The van der Waals surface area contributed by atoms with Crippen LogP contribution in [0.4, 0.5) is 5.69 Å². The predicted octanol–water partition coefficient (Wildman–Crippen LogP) is 2.39. The molecule has 1 aromatic rings. The van der Waals surface area contributed by atoms with Gasteiger partial charge < -0.3 is 29.7 Å². The number of benzene rings is 1. The van der Waals surface area contributed by atoms with Gasteiger partial charge in [-0.25, -0.2) is 4.99 Å². The first-order valence-corrected chi connectivity index (χ1v) is 10.5. The number of nitrogens with one attached hydrogen (secondary N) is 2. The molecule has 8 heteroatoms. The molecule has 0 saturated carbocycles. The van der Waals surface area contributed by atoms with Crippen LogP contribution in [0.5, 0.6) is 0 Å². The van der Waals surface area contributed by atoms with Crippen LogP contribution in [0.1, 0.15) is 25.3 Å². The molecule has 2 fully saturated rings. The van der Waals surface area contributed by atoms with Gasteiger partial charge in [-0.3, -0.25) is 0 Å². The minimum Gasteiger partial charge on any atom is -0.379 e. The van der Waals surface area contributed by atoms with E-state index in [0.29, 0.717) is 6.54 Å². The fourth-order valence-corrected chi connectivity index (χ4v) is 3.32. The van der Waals surface area contributed by atoms with Crippen LogP contribution in [0.3, 0.4) is 0 Å². The van der Waals surface area contributed by atoms with E-state index in [1.165, 1.54) is 11.3 Å². The van der Waals surface area contributed by atoms with E-state index in [9.17, 15) is 0 Å². The smallest absolute Gasteiger partial charge is 0.191 e. The minimum absolute atomic E-state index is 0. The maximum Gasteiger partial charge on any atom is 0.191 e. The number of rotatable bonds is 9. The lowest BCUT2D eigenvalue weighted by Gasteiger charge is -2.28. The first-order chi connectivity index (χ1) is 13.8. The lowest BCUT2D eigenvalue weighted by atomic mass is 10.2. The van der Waals surface area contributed by atoms with E-state index >= 15 is 0 Å². The molecule has 0 spiro atoms. The number of aliphatic imine (C=N–C) groups is 1. The Morgan fingerprint density at radius 2 is 1.93 bits per heavy atom. The van der Waals surface area contributed by atoms with E-state index in [-0.39, 0.29) is 30.1 Å². The van der Waals surface area contributed by atoms with Crippen molar-refractivity contribution in [2.45, 2.75) is 32.4 Å². The van der Waals surface area contributed by atoms with Gasteiger partial charge in [-0.15, -0.1) is 24.0 Å². The second kappa shape index (κ2) is 14.0. The first kappa shape index (κ1) is 24.2. The molecule has 164 valence electrons. The Bertz CT molecular complexity index is 588. The summed E-state index contributed by atoms with van der Waals surface area (Å²) in [5.74, 6) is 0.851. The van der Waals surface area contributed by atoms with Crippen molar-refractivity contribution < 1.29 is 14.2 Å². The molecule has 1 atom stereocenters. The van der Waals surface area contributed by atoms with E-state index in [2.05, 4.69) is 46.7 Å². The summed E-state index contributed by atoms with van der Waals surface area (Å²) in [6.45, 7) is 10.3. The third kappa shape index (κ3) is 8.65. The Balaban J connectivity index is 0.00000300. The highest BCUT2D eigenvalue weighted by Gasteiger charge is 2.15. The zero-order valence-corrected chi connectivity index (χ0v) is 19.7. The summed E-state index contributed by atoms with van der Waals surface area (Å²) in [6.07, 6.45) is 2.25. The van der Waals surface area contributed by atoms with Crippen LogP contribution < -0.4 is 15.5 Å². The van der Waals surface area contributed by atoms with Crippen LogP contribution in [0.2, 0.25) is 0 Å². The summed E-state index contributed by atoms with van der Waals surface area (Å²) >= 11 is 0. The summed E-state index contributed by atoms with van der Waals surface area (Å²) < 4.78 is 16.5. The first-order valence-electron chi connectivity index (χ1n) is 10.5. The molecule has 29 heavy (non-hydrogen) atoms. The SMILES string of the molecule is CCNC(=NCc1ccc(N2CCOCC2)cc1)NCCCOC1CCOC1.I. The molecule has 2 heterocycles. The fourth-order valence-electron chi connectivity index (χ4n) is 3.32. The topological polar surface area (TPSA) is 67.4 Å². The summed E-state index contributed by atoms with van der Waals surface area (Å²) in [6, 6.07) is 8.69. The highest BCUT2D eigenvalue weighted by molar-refractivity contribution is 14.0. The second-order valence-electron chi connectivity index (χ2n) is 7.10. The normalized spacial score (nSPS) is 19.7. The standard InChI is InChI=1S/C21H34N4O3.HI/c1-2-22-21(23-9-3-12-28-20-8-13-27-17-20)24-16-18-4-6-19(7-5-18)25-10-14-26-15-11-25;/h4-7,20H,2-3,8-17H2,1H3,(H2,22,23,24);1H. The molecule has 0 bridgehead atoms. The van der Waals surface area contributed by atoms with Crippen LogP contribution in [0.15, 0.2) is 29.3 Å². The van der Waals surface area contributed by atoms with Crippen molar-refractivity contribution in [2.75, 3.05) is 64.1 Å². The third-order valence-electron chi connectivity index (χ3n) is 4.93. The molecule has 2 aliphatic rings. The Labute approximate surface area is 191 Å². The number of halogens is 1. The van der Waals surface area contributed by atoms with Crippen molar-refractivity contribution in [3.05, 3.63) is 29.8 Å². The van der Waals surface area contributed by atoms with Gasteiger partial charge in [0, 0.05) is 45.1 Å². The second-order valence-corrected chi connectivity index (χ2v) is 7.10. The van der Waals surface area contributed by atoms with Gasteiger partial charge in [0.2, 0.25) is 0 Å². The van der Waals surface area contributed by atoms with E-state index in [1.807, 2.05) is 0 Å². The van der Waals surface area contributed by atoms with Gasteiger partial charge in [0.05, 0.1) is 32.5 Å². The van der Waals surface area contributed by atoms with Crippen molar-refractivity contribution >= 4 is 35.6 Å². The van der Waals surface area contributed by atoms with E-state index in [0.717, 1.165) is 78.0 Å². The van der Waals surface area contributed by atoms with Gasteiger partial charge in [0.25, 0.3) is 0 Å². The molecule has 2 aliphatic heterocycles. The van der Waals surface area contributed by atoms with Gasteiger partial charge in [-0.1, -0.05) is 12.1 Å². The maximum absolute atomic E-state index is 5.80. The molecule has 2 N–H and O–H groups in total. The van der Waals surface area contributed by atoms with E-state index in [4.69, 9.17) is 19.2 Å². The number of hydrogen-bond donors (Lipinski definition) is 2. The quantitative estimate of drug-likeness (QED) is 0.227. The average molecular weight is 518 g/mol. The molecule has 0 amide bonds. The monoisotopic (exact) mass is 518 g/mol. The Morgan fingerprint density at radius 3 is 2.62 bits per heavy atom. The molecule has 7 nitrogen and oxygen atoms in total. The predicted molar refractivity (Wildman–Crippen MR) is 128 cm³/mol. The van der Waals surface area contributed by atoms with Crippen molar-refractivity contribution in [3.8, 4) is 0 Å². The van der Waals surface area contributed by atoms with Gasteiger partial charge in [-0.05, 0) is 37.5 Å². The molecule has 1 aromatic carbocycles. The molecule has 0 aromatic heterocycles. The highest BCUT2D eigenvalue weighted by atomic mass is 127. The van der Waals surface area contributed by atoms with Crippen molar-refractivity contribution in [2.24, 2.45) is 4.99 Å². The average Bonchev–Trinajstić information content (AvgIpc) is 3.26. The third-order valence-corrected chi connectivity index (χ3v) is 4.93. The van der Waals surface area contributed by atoms with Crippen LogP contribution >= 0.6 is 24.0 Å². The van der Waals surface area contributed by atoms with Crippen LogP contribution in [0.25, 0.3) is 0 Å². The summed E-state index contributed by atoms with van der Waals surface area (Å²) in [4.78, 5) is 7.06. The Morgan fingerprint density at radius 1 is 1.14 bits per heavy atom.